The van der Waals surface area contributed by atoms with Gasteiger partial charge in [-0.15, -0.1) is 0 Å². The summed E-state index contributed by atoms with van der Waals surface area (Å²) in [4.78, 5) is 25.9. The van der Waals surface area contributed by atoms with Crippen molar-refractivity contribution in [2.24, 2.45) is 5.41 Å². The van der Waals surface area contributed by atoms with Gasteiger partial charge in [0.25, 0.3) is 0 Å². The van der Waals surface area contributed by atoms with E-state index in [-0.39, 0.29) is 12.1 Å². The van der Waals surface area contributed by atoms with Gasteiger partial charge in [0.05, 0.1) is 11.4 Å². The van der Waals surface area contributed by atoms with E-state index in [1.54, 1.807) is 0 Å². The minimum Gasteiger partial charge on any atom is -0.457 e. The quantitative estimate of drug-likeness (QED) is 0.286. The number of nitrogen functional groups attached to an aromatic ring is 1. The molecule has 3 fully saturated rings. The Hall–Kier alpha value is -4.18. The molecule has 4 heterocycles. The van der Waals surface area contributed by atoms with E-state index in [0.29, 0.717) is 17.3 Å². The van der Waals surface area contributed by atoms with Gasteiger partial charge in [0.2, 0.25) is 0 Å². The molecule has 3 aliphatic rings. The molecule has 2 aliphatic heterocycles. The lowest BCUT2D eigenvalue weighted by atomic mass is 9.67. The number of aromatic nitrogens is 4. The molecule has 1 aliphatic carbocycles. The van der Waals surface area contributed by atoms with Crippen molar-refractivity contribution >= 4 is 22.9 Å². The highest BCUT2D eigenvalue weighted by Crippen LogP contribution is 2.49. The Morgan fingerprint density at radius 1 is 0.932 bits per heavy atom. The molecule has 10 nitrogen and oxygen atoms in total. The van der Waals surface area contributed by atoms with Gasteiger partial charge in [-0.2, -0.15) is 5.10 Å². The zero-order chi connectivity index (χ0) is 30.5. The predicted octanol–water partition coefficient (Wildman–Crippen LogP) is 6.29. The molecule has 7 rings (SSSR count). The number of ether oxygens (including phenoxy) is 2. The highest BCUT2D eigenvalue weighted by atomic mass is 16.6. The molecule has 0 bridgehead atoms. The maximum absolute atomic E-state index is 12.5. The zero-order valence-electron chi connectivity index (χ0n) is 25.8. The van der Waals surface area contributed by atoms with Gasteiger partial charge in [-0.3, -0.25) is 4.90 Å². The molecule has 2 aromatic heterocycles. The van der Waals surface area contributed by atoms with Crippen LogP contribution in [0.4, 0.5) is 10.6 Å². The van der Waals surface area contributed by atoms with E-state index in [0.717, 1.165) is 92.1 Å². The maximum atomic E-state index is 12.5. The zero-order valence-corrected chi connectivity index (χ0v) is 25.8. The average molecular weight is 596 g/mol. The summed E-state index contributed by atoms with van der Waals surface area (Å²) in [5.41, 5.74) is 8.85. The smallest absolute Gasteiger partial charge is 0.410 e. The molecule has 1 atom stereocenters. The number of hydrogen-bond acceptors (Lipinski definition) is 8. The van der Waals surface area contributed by atoms with Crippen molar-refractivity contribution in [2.75, 3.05) is 31.9 Å². The number of benzene rings is 2. The topological polar surface area (TPSA) is 112 Å². The fourth-order valence-electron chi connectivity index (χ4n) is 7.14. The van der Waals surface area contributed by atoms with Gasteiger partial charge in [-0.1, -0.05) is 18.2 Å². The van der Waals surface area contributed by atoms with Crippen molar-refractivity contribution in [1.82, 2.24) is 29.5 Å². The van der Waals surface area contributed by atoms with E-state index >= 15 is 0 Å². The number of nitrogens with zero attached hydrogens (tertiary/aromatic N) is 6. The number of rotatable bonds is 5. The highest BCUT2D eigenvalue weighted by molar-refractivity contribution is 5.98. The fraction of sp³-hybridized carbons (Fsp3) is 0.471. The summed E-state index contributed by atoms with van der Waals surface area (Å²) in [5, 5.41) is 5.91. The van der Waals surface area contributed by atoms with Gasteiger partial charge in [0.15, 0.2) is 5.65 Å². The minimum atomic E-state index is -0.463. The molecule has 2 N–H and O–H groups in total. The molecule has 1 spiro atoms. The SMILES string of the molecule is CC(C)(C)OC(=O)N1CC[C@@H](N2CC3(CCC(n4nc(-c5ccc(Oc6ccccc6)cc5)c5c(N)ncnc54)CC3)C2)C1. The summed E-state index contributed by atoms with van der Waals surface area (Å²) >= 11 is 0. The lowest BCUT2D eigenvalue weighted by molar-refractivity contribution is -0.0599. The van der Waals surface area contributed by atoms with Crippen LogP contribution in [0.1, 0.15) is 58.9 Å². The second kappa shape index (κ2) is 11.1. The Morgan fingerprint density at radius 3 is 2.34 bits per heavy atom. The minimum absolute atomic E-state index is 0.192. The third kappa shape index (κ3) is 5.58. The number of hydrogen-bond donors (Lipinski definition) is 1. The number of carbonyl (C=O) groups excluding carboxylic acids is 1. The van der Waals surface area contributed by atoms with Gasteiger partial charge in [0, 0.05) is 37.8 Å². The lowest BCUT2D eigenvalue weighted by Gasteiger charge is -2.55. The molecule has 2 aromatic carbocycles. The molecule has 4 aromatic rings. The summed E-state index contributed by atoms with van der Waals surface area (Å²) in [6.07, 6.45) is 6.76. The first kappa shape index (κ1) is 28.6. The maximum Gasteiger partial charge on any atom is 0.410 e. The summed E-state index contributed by atoms with van der Waals surface area (Å²) in [7, 11) is 0. The van der Waals surface area contributed by atoms with Crippen LogP contribution in [0.3, 0.4) is 0 Å². The Labute approximate surface area is 258 Å². The van der Waals surface area contributed by atoms with E-state index in [2.05, 4.69) is 19.5 Å². The van der Waals surface area contributed by atoms with E-state index in [9.17, 15) is 4.79 Å². The average Bonchev–Trinajstić information content (AvgIpc) is 3.63. The first-order valence-corrected chi connectivity index (χ1v) is 15.7. The molecule has 10 heteroatoms. The molecule has 0 radical (unpaired) electrons. The van der Waals surface area contributed by atoms with Crippen molar-refractivity contribution in [3.8, 4) is 22.8 Å². The van der Waals surface area contributed by atoms with Crippen LogP contribution in [-0.4, -0.2) is 73.5 Å². The van der Waals surface area contributed by atoms with Crippen molar-refractivity contribution in [3.63, 3.8) is 0 Å². The van der Waals surface area contributed by atoms with Gasteiger partial charge >= 0.3 is 6.09 Å². The van der Waals surface area contributed by atoms with Crippen molar-refractivity contribution in [3.05, 3.63) is 60.9 Å². The Bertz CT molecular complexity index is 1630. The van der Waals surface area contributed by atoms with E-state index in [4.69, 9.17) is 20.3 Å². The van der Waals surface area contributed by atoms with Gasteiger partial charge in [-0.25, -0.2) is 19.4 Å². The van der Waals surface area contributed by atoms with Crippen LogP contribution in [-0.2, 0) is 4.74 Å². The first-order chi connectivity index (χ1) is 21.2. The van der Waals surface area contributed by atoms with Gasteiger partial charge in [-0.05, 0) is 94.7 Å². The number of fused-ring (bicyclic) bond motifs is 1. The van der Waals surface area contributed by atoms with Crippen LogP contribution in [0, 0.1) is 5.41 Å². The number of para-hydroxylation sites is 1. The number of anilines is 1. The van der Waals surface area contributed by atoms with Gasteiger partial charge in [0.1, 0.15) is 34.9 Å². The number of amides is 1. The van der Waals surface area contributed by atoms with E-state index in [1.807, 2.05) is 80.3 Å². The summed E-state index contributed by atoms with van der Waals surface area (Å²) in [5.74, 6) is 2.00. The van der Waals surface area contributed by atoms with Crippen molar-refractivity contribution in [1.29, 1.82) is 0 Å². The summed E-state index contributed by atoms with van der Waals surface area (Å²) in [6.45, 7) is 9.49. The highest BCUT2D eigenvalue weighted by Gasteiger charge is 2.49. The second-order valence-electron chi connectivity index (χ2n) is 13.7. The fourth-order valence-corrected chi connectivity index (χ4v) is 7.14. The van der Waals surface area contributed by atoms with Gasteiger partial charge < -0.3 is 20.1 Å². The number of carbonyl (C=O) groups is 1. The third-order valence-electron chi connectivity index (χ3n) is 9.39. The van der Waals surface area contributed by atoms with E-state index < -0.39 is 5.60 Å². The first-order valence-electron chi connectivity index (χ1n) is 15.7. The standard InChI is InChI=1S/C34H41N7O3/c1-33(2,3)44-32(42)39-18-15-25(19-39)40-20-34(21-40)16-13-24(14-17-34)41-31-28(30(35)36-22-37-31)29(38-41)23-9-11-27(12-10-23)43-26-7-5-4-6-8-26/h4-12,22,24-25H,13-21H2,1-3H3,(H2,35,36,37)/t25-/m1/s1. The van der Waals surface area contributed by atoms with Crippen LogP contribution in [0.2, 0.25) is 0 Å². The molecule has 1 amide bonds. The molecular weight excluding hydrogens is 554 g/mol. The molecule has 230 valence electrons. The summed E-state index contributed by atoms with van der Waals surface area (Å²) in [6, 6.07) is 18.4. The monoisotopic (exact) mass is 595 g/mol. The Kier molecular flexibility index (Phi) is 7.19. The Morgan fingerprint density at radius 2 is 1.64 bits per heavy atom. The normalized spacial score (nSPS) is 20.6. The number of nitrogens with two attached hydrogens (primary N) is 1. The van der Waals surface area contributed by atoms with Crippen molar-refractivity contribution < 1.29 is 14.3 Å². The van der Waals surface area contributed by atoms with Crippen LogP contribution in [0.5, 0.6) is 11.5 Å². The third-order valence-corrected chi connectivity index (χ3v) is 9.39. The van der Waals surface area contributed by atoms with Crippen LogP contribution < -0.4 is 10.5 Å². The molecule has 0 unspecified atom stereocenters. The largest absolute Gasteiger partial charge is 0.457 e. The van der Waals surface area contributed by atoms with Crippen molar-refractivity contribution in [2.45, 2.75) is 70.6 Å². The predicted molar refractivity (Wildman–Crippen MR) is 169 cm³/mol. The van der Waals surface area contributed by atoms with E-state index in [1.165, 1.54) is 6.33 Å². The molecule has 2 saturated heterocycles. The number of likely N-dealkylation sites (tertiary alicyclic amines) is 2. The molecule has 44 heavy (non-hydrogen) atoms. The summed E-state index contributed by atoms with van der Waals surface area (Å²) < 4.78 is 13.7. The van der Waals surface area contributed by atoms with Crippen LogP contribution in [0.25, 0.3) is 22.3 Å². The molecule has 1 saturated carbocycles. The second-order valence-corrected chi connectivity index (χ2v) is 13.7. The van der Waals surface area contributed by atoms with Crippen LogP contribution in [0.15, 0.2) is 60.9 Å². The Balaban J connectivity index is 1.01. The molecular formula is C34H41N7O3. The lowest BCUT2D eigenvalue weighted by Crippen LogP contribution is -2.61. The van der Waals surface area contributed by atoms with Crippen LogP contribution >= 0.6 is 0 Å².